The first-order valence-electron chi connectivity index (χ1n) is 8.11. The van der Waals surface area contributed by atoms with Crippen molar-refractivity contribution in [1.29, 1.82) is 0 Å². The molecule has 1 aliphatic rings. The van der Waals surface area contributed by atoms with Crippen LogP contribution >= 0.6 is 23.8 Å². The van der Waals surface area contributed by atoms with E-state index < -0.39 is 5.82 Å². The minimum absolute atomic E-state index is 0.0904. The fourth-order valence-electron chi connectivity index (χ4n) is 2.78. The molecule has 5 heteroatoms. The van der Waals surface area contributed by atoms with Crippen LogP contribution < -0.4 is 5.32 Å². The van der Waals surface area contributed by atoms with Crippen LogP contribution in [-0.2, 0) is 6.54 Å². The van der Waals surface area contributed by atoms with E-state index in [1.807, 2.05) is 18.2 Å². The smallest absolute Gasteiger partial charge is 0.173 e. The molecule has 0 unspecified atom stereocenters. The molecule has 0 heterocycles. The lowest BCUT2D eigenvalue weighted by Gasteiger charge is -2.32. The van der Waals surface area contributed by atoms with Gasteiger partial charge < -0.3 is 10.2 Å². The van der Waals surface area contributed by atoms with Crippen molar-refractivity contribution < 1.29 is 4.39 Å². The molecule has 1 N–H and O–H groups in total. The first kappa shape index (κ1) is 17.2. The standard InChI is InChI=1S/C19H20ClFN2S/c1-13(15-7-8-15)23(12-14-5-3-2-4-6-14)19(24)22-16-9-10-18(21)17(20)11-16/h2-6,9-11,13,15H,7-8,12H2,1H3,(H,22,24)/t13-/m1/s1. The van der Waals surface area contributed by atoms with E-state index in [0.717, 1.165) is 6.54 Å². The van der Waals surface area contributed by atoms with Gasteiger partial charge in [0.05, 0.1) is 5.02 Å². The maximum absolute atomic E-state index is 13.3. The van der Waals surface area contributed by atoms with Gasteiger partial charge in [-0.3, -0.25) is 0 Å². The van der Waals surface area contributed by atoms with Crippen molar-refractivity contribution >= 4 is 34.6 Å². The van der Waals surface area contributed by atoms with Gasteiger partial charge in [0.25, 0.3) is 0 Å². The number of hydrogen-bond acceptors (Lipinski definition) is 1. The zero-order chi connectivity index (χ0) is 17.1. The lowest BCUT2D eigenvalue weighted by Crippen LogP contribution is -2.41. The van der Waals surface area contributed by atoms with E-state index in [1.54, 1.807) is 12.1 Å². The summed E-state index contributed by atoms with van der Waals surface area (Å²) in [7, 11) is 0. The summed E-state index contributed by atoms with van der Waals surface area (Å²) in [4.78, 5) is 2.21. The zero-order valence-electron chi connectivity index (χ0n) is 13.5. The highest BCUT2D eigenvalue weighted by atomic mass is 35.5. The van der Waals surface area contributed by atoms with Crippen LogP contribution in [0.4, 0.5) is 10.1 Å². The molecule has 126 valence electrons. The Kier molecular flexibility index (Phi) is 5.36. The molecule has 0 amide bonds. The van der Waals surface area contributed by atoms with Crippen LogP contribution in [0.5, 0.6) is 0 Å². The lowest BCUT2D eigenvalue weighted by molar-refractivity contribution is 0.298. The number of rotatable bonds is 5. The Bertz CT molecular complexity index is 719. The lowest BCUT2D eigenvalue weighted by atomic mass is 10.1. The monoisotopic (exact) mass is 362 g/mol. The van der Waals surface area contributed by atoms with E-state index in [4.69, 9.17) is 23.8 Å². The van der Waals surface area contributed by atoms with E-state index >= 15 is 0 Å². The predicted molar refractivity (Wildman–Crippen MR) is 102 cm³/mol. The highest BCUT2D eigenvalue weighted by Crippen LogP contribution is 2.36. The second-order valence-electron chi connectivity index (χ2n) is 6.25. The molecule has 3 rings (SSSR count). The van der Waals surface area contributed by atoms with E-state index in [9.17, 15) is 4.39 Å². The van der Waals surface area contributed by atoms with Crippen molar-refractivity contribution in [1.82, 2.24) is 4.90 Å². The molecule has 1 aliphatic carbocycles. The van der Waals surface area contributed by atoms with Gasteiger partial charge in [0.1, 0.15) is 5.82 Å². The maximum atomic E-state index is 13.3. The molecule has 0 bridgehead atoms. The van der Waals surface area contributed by atoms with Crippen LogP contribution in [0, 0.1) is 11.7 Å². The number of thiocarbonyl (C=S) groups is 1. The quantitative estimate of drug-likeness (QED) is 0.709. The molecular formula is C19H20ClFN2S. The van der Waals surface area contributed by atoms with E-state index in [1.165, 1.54) is 24.5 Å². The third kappa shape index (κ3) is 4.25. The first-order valence-corrected chi connectivity index (χ1v) is 8.90. The minimum Gasteiger partial charge on any atom is -0.342 e. The Balaban J connectivity index is 1.76. The summed E-state index contributed by atoms with van der Waals surface area (Å²) in [5.74, 6) is 0.255. The van der Waals surface area contributed by atoms with Crippen LogP contribution in [0.1, 0.15) is 25.3 Å². The Morgan fingerprint density at radius 2 is 2.00 bits per heavy atom. The SMILES string of the molecule is C[C@H](C1CC1)N(Cc1ccccc1)C(=S)Nc1ccc(F)c(Cl)c1. The summed E-state index contributed by atoms with van der Waals surface area (Å²) in [6.45, 7) is 2.96. The first-order chi connectivity index (χ1) is 11.5. The van der Waals surface area contributed by atoms with E-state index in [0.29, 0.717) is 22.8 Å². The molecule has 2 aromatic carbocycles. The molecule has 1 saturated carbocycles. The van der Waals surface area contributed by atoms with Crippen molar-refractivity contribution in [2.45, 2.75) is 32.4 Å². The summed E-state index contributed by atoms with van der Waals surface area (Å²) in [6.07, 6.45) is 2.49. The van der Waals surface area contributed by atoms with Crippen LogP contribution in [0.3, 0.4) is 0 Å². The van der Waals surface area contributed by atoms with Crippen LogP contribution in [0.15, 0.2) is 48.5 Å². The molecule has 0 aliphatic heterocycles. The van der Waals surface area contributed by atoms with Crippen molar-refractivity contribution in [3.05, 3.63) is 64.9 Å². The molecule has 1 fully saturated rings. The summed E-state index contributed by atoms with van der Waals surface area (Å²) in [6, 6.07) is 15.2. The van der Waals surface area contributed by atoms with Crippen LogP contribution in [0.25, 0.3) is 0 Å². The average Bonchev–Trinajstić information content (AvgIpc) is 3.41. The second-order valence-corrected chi connectivity index (χ2v) is 7.04. The number of halogens is 2. The molecule has 2 nitrogen and oxygen atoms in total. The van der Waals surface area contributed by atoms with E-state index in [2.05, 4.69) is 29.3 Å². The zero-order valence-corrected chi connectivity index (χ0v) is 15.1. The number of anilines is 1. The summed E-state index contributed by atoms with van der Waals surface area (Å²) in [5, 5.41) is 3.93. The van der Waals surface area contributed by atoms with Gasteiger partial charge in [-0.1, -0.05) is 41.9 Å². The fourth-order valence-corrected chi connectivity index (χ4v) is 3.31. The number of benzene rings is 2. The molecular weight excluding hydrogens is 343 g/mol. The molecule has 0 saturated heterocycles. The van der Waals surface area contributed by atoms with E-state index in [-0.39, 0.29) is 5.02 Å². The Morgan fingerprint density at radius 3 is 2.62 bits per heavy atom. The summed E-state index contributed by atoms with van der Waals surface area (Å²) >= 11 is 11.5. The van der Waals surface area contributed by atoms with Crippen molar-refractivity contribution in [3.63, 3.8) is 0 Å². The Hall–Kier alpha value is -1.65. The summed E-state index contributed by atoms with van der Waals surface area (Å²) in [5.41, 5.74) is 1.92. The van der Waals surface area contributed by atoms with Gasteiger partial charge in [0, 0.05) is 18.3 Å². The van der Waals surface area contributed by atoms with Gasteiger partial charge in [0.15, 0.2) is 5.11 Å². The minimum atomic E-state index is -0.430. The van der Waals surface area contributed by atoms with Gasteiger partial charge in [0.2, 0.25) is 0 Å². The van der Waals surface area contributed by atoms with Crippen LogP contribution in [0.2, 0.25) is 5.02 Å². The summed E-state index contributed by atoms with van der Waals surface area (Å²) < 4.78 is 13.3. The number of nitrogens with zero attached hydrogens (tertiary/aromatic N) is 1. The molecule has 0 aromatic heterocycles. The topological polar surface area (TPSA) is 15.3 Å². The maximum Gasteiger partial charge on any atom is 0.173 e. The Morgan fingerprint density at radius 1 is 1.29 bits per heavy atom. The Labute approximate surface area is 152 Å². The second kappa shape index (κ2) is 7.49. The number of hydrogen-bond donors (Lipinski definition) is 1. The largest absolute Gasteiger partial charge is 0.342 e. The molecule has 0 spiro atoms. The van der Waals surface area contributed by atoms with Gasteiger partial charge in [-0.15, -0.1) is 0 Å². The highest BCUT2D eigenvalue weighted by Gasteiger charge is 2.33. The molecule has 24 heavy (non-hydrogen) atoms. The molecule has 1 atom stereocenters. The fraction of sp³-hybridized carbons (Fsp3) is 0.316. The molecule has 2 aromatic rings. The third-order valence-electron chi connectivity index (χ3n) is 4.42. The van der Waals surface area contributed by atoms with Crippen molar-refractivity contribution in [3.8, 4) is 0 Å². The average molecular weight is 363 g/mol. The number of nitrogens with one attached hydrogen (secondary N) is 1. The van der Waals surface area contributed by atoms with Crippen molar-refractivity contribution in [2.24, 2.45) is 5.92 Å². The van der Waals surface area contributed by atoms with Gasteiger partial charge in [-0.05, 0) is 61.7 Å². The van der Waals surface area contributed by atoms with Crippen LogP contribution in [-0.4, -0.2) is 16.1 Å². The molecule has 0 radical (unpaired) electrons. The third-order valence-corrected chi connectivity index (χ3v) is 5.05. The van der Waals surface area contributed by atoms with Crippen molar-refractivity contribution in [2.75, 3.05) is 5.32 Å². The predicted octanol–water partition coefficient (Wildman–Crippen LogP) is 5.48. The highest BCUT2D eigenvalue weighted by molar-refractivity contribution is 7.80. The van der Waals surface area contributed by atoms with Gasteiger partial charge in [-0.2, -0.15) is 0 Å². The van der Waals surface area contributed by atoms with Gasteiger partial charge in [-0.25, -0.2) is 4.39 Å². The normalized spacial score (nSPS) is 15.0. The van der Waals surface area contributed by atoms with Gasteiger partial charge >= 0.3 is 0 Å².